The Morgan fingerprint density at radius 2 is 1.23 bits per heavy atom. The van der Waals surface area contributed by atoms with E-state index in [1.807, 2.05) is 24.3 Å². The van der Waals surface area contributed by atoms with Gasteiger partial charge in [0, 0.05) is 32.5 Å². The van der Waals surface area contributed by atoms with Gasteiger partial charge in [-0.1, -0.05) is 97.1 Å². The van der Waals surface area contributed by atoms with Crippen molar-refractivity contribution in [1.29, 1.82) is 0 Å². The fourth-order valence-corrected chi connectivity index (χ4v) is 7.63. The lowest BCUT2D eigenvalue weighted by molar-refractivity contribution is 0.670. The van der Waals surface area contributed by atoms with Gasteiger partial charge < -0.3 is 4.42 Å². The van der Waals surface area contributed by atoms with Crippen LogP contribution in [-0.4, -0.2) is 18.9 Å². The van der Waals surface area contributed by atoms with Crippen LogP contribution in [0.1, 0.15) is 0 Å². The van der Waals surface area contributed by atoms with Crippen LogP contribution in [0.3, 0.4) is 0 Å². The summed E-state index contributed by atoms with van der Waals surface area (Å²) in [4.78, 5) is 10.5. The fourth-order valence-electron chi connectivity index (χ4n) is 7.63. The number of hydrogen-bond donors (Lipinski definition) is 0. The zero-order valence-electron chi connectivity index (χ0n) is 25.1. The summed E-state index contributed by atoms with van der Waals surface area (Å²) < 4.78 is 11.0. The molecule has 0 unspecified atom stereocenters. The van der Waals surface area contributed by atoms with E-state index < -0.39 is 0 Å². The number of furan rings is 1. The molecule has 0 spiro atoms. The Morgan fingerprint density at radius 1 is 0.489 bits per heavy atom. The van der Waals surface area contributed by atoms with Crippen molar-refractivity contribution in [3.8, 4) is 17.1 Å². The Morgan fingerprint density at radius 3 is 2.17 bits per heavy atom. The van der Waals surface area contributed by atoms with Crippen LogP contribution in [0.25, 0.3) is 99.2 Å². The second-order valence-corrected chi connectivity index (χ2v) is 12.2. The van der Waals surface area contributed by atoms with Crippen molar-refractivity contribution in [1.82, 2.24) is 18.9 Å². The summed E-state index contributed by atoms with van der Waals surface area (Å²) in [5.41, 5.74) is 9.96. The first-order chi connectivity index (χ1) is 23.3. The normalized spacial score (nSPS) is 12.3. The van der Waals surface area contributed by atoms with Crippen LogP contribution < -0.4 is 0 Å². The first-order valence-electron chi connectivity index (χ1n) is 15.8. The monoisotopic (exact) mass is 600 g/mol. The molecule has 0 radical (unpaired) electrons. The Balaban J connectivity index is 1.30. The van der Waals surface area contributed by atoms with Gasteiger partial charge in [-0.15, -0.1) is 0 Å². The lowest BCUT2D eigenvalue weighted by Crippen LogP contribution is -2.06. The molecule has 0 amide bonds. The maximum Gasteiger partial charge on any atom is 0.221 e. The molecule has 218 valence electrons. The van der Waals surface area contributed by atoms with E-state index >= 15 is 0 Å². The minimum absolute atomic E-state index is 0.815. The summed E-state index contributed by atoms with van der Waals surface area (Å²) in [5.74, 6) is 0.815. The van der Waals surface area contributed by atoms with E-state index in [1.165, 1.54) is 16.2 Å². The Kier molecular flexibility index (Phi) is 4.78. The molecule has 5 heteroatoms. The molecule has 5 nitrogen and oxygen atoms in total. The molecule has 4 aromatic heterocycles. The number of benzene rings is 7. The first-order valence-corrected chi connectivity index (χ1v) is 15.8. The highest BCUT2D eigenvalue weighted by molar-refractivity contribution is 6.22. The van der Waals surface area contributed by atoms with Gasteiger partial charge in [-0.05, 0) is 64.9 Å². The molecule has 4 heterocycles. The molecule has 7 aromatic carbocycles. The Bertz CT molecular complexity index is 3090. The van der Waals surface area contributed by atoms with Crippen molar-refractivity contribution >= 4 is 82.1 Å². The van der Waals surface area contributed by atoms with Crippen LogP contribution in [0.5, 0.6) is 0 Å². The Labute approximate surface area is 267 Å². The summed E-state index contributed by atoms with van der Waals surface area (Å²) in [5, 5.41) is 8.06. The zero-order valence-corrected chi connectivity index (χ0v) is 25.1. The van der Waals surface area contributed by atoms with Gasteiger partial charge in [-0.3, -0.25) is 8.97 Å². The molecule has 0 N–H and O–H groups in total. The number of rotatable bonds is 2. The van der Waals surface area contributed by atoms with E-state index in [1.54, 1.807) is 0 Å². The molecular weight excluding hydrogens is 576 g/mol. The summed E-state index contributed by atoms with van der Waals surface area (Å²) >= 11 is 0. The second kappa shape index (κ2) is 9.05. The lowest BCUT2D eigenvalue weighted by Gasteiger charge is -2.13. The third-order valence-corrected chi connectivity index (χ3v) is 9.70. The third kappa shape index (κ3) is 3.32. The summed E-state index contributed by atoms with van der Waals surface area (Å²) in [6, 6.07) is 51.2. The fraction of sp³-hybridized carbons (Fsp3) is 0. The van der Waals surface area contributed by atoms with Crippen molar-refractivity contribution in [3.63, 3.8) is 0 Å². The van der Waals surface area contributed by atoms with Crippen molar-refractivity contribution < 1.29 is 4.42 Å². The molecule has 0 saturated heterocycles. The molecule has 0 atom stereocenters. The van der Waals surface area contributed by atoms with E-state index in [9.17, 15) is 0 Å². The number of aromatic nitrogens is 4. The van der Waals surface area contributed by atoms with E-state index in [0.717, 1.165) is 83.0 Å². The van der Waals surface area contributed by atoms with E-state index in [0.29, 0.717) is 0 Å². The molecule has 47 heavy (non-hydrogen) atoms. The highest BCUT2D eigenvalue weighted by Crippen LogP contribution is 2.41. The van der Waals surface area contributed by atoms with Gasteiger partial charge in [0.25, 0.3) is 0 Å². The molecule has 0 aliphatic rings. The highest BCUT2D eigenvalue weighted by Gasteiger charge is 2.22. The third-order valence-electron chi connectivity index (χ3n) is 9.70. The topological polar surface area (TPSA) is 48.3 Å². The Hall–Kier alpha value is -6.46. The van der Waals surface area contributed by atoms with Crippen LogP contribution in [-0.2, 0) is 0 Å². The first kappa shape index (κ1) is 24.8. The summed E-state index contributed by atoms with van der Waals surface area (Å²) in [6.07, 6.45) is 0. The predicted molar refractivity (Wildman–Crippen MR) is 193 cm³/mol. The van der Waals surface area contributed by atoms with Crippen molar-refractivity contribution in [2.75, 3.05) is 0 Å². The van der Waals surface area contributed by atoms with Crippen LogP contribution in [0.2, 0.25) is 0 Å². The minimum atomic E-state index is 0.815. The van der Waals surface area contributed by atoms with Crippen LogP contribution in [0, 0.1) is 0 Å². The van der Waals surface area contributed by atoms with Gasteiger partial charge in [0.15, 0.2) is 0 Å². The smallest absolute Gasteiger partial charge is 0.221 e. The molecule has 0 aliphatic carbocycles. The van der Waals surface area contributed by atoms with Crippen molar-refractivity contribution in [3.05, 3.63) is 146 Å². The lowest BCUT2D eigenvalue weighted by atomic mass is 9.99. The van der Waals surface area contributed by atoms with Crippen molar-refractivity contribution in [2.24, 2.45) is 0 Å². The standard InChI is InChI=1S/C42H24N4O/c1-2-11-27-25(10-1)20-23-37-39(27)32-24-26(28-14-9-15-30-29-12-4-8-19-38(29)47-40(28)30)21-22-35(32)45(37)42-44-33-16-5-3-13-31(33)41-43-34-17-6-7-18-36(34)46(41)42/h1-24H. The number of para-hydroxylation sites is 5. The number of imidazole rings is 1. The number of nitrogens with zero attached hydrogens (tertiary/aromatic N) is 4. The molecule has 11 rings (SSSR count). The van der Waals surface area contributed by atoms with E-state index in [2.05, 4.69) is 130 Å². The van der Waals surface area contributed by atoms with Crippen LogP contribution in [0.15, 0.2) is 150 Å². The number of fused-ring (bicyclic) bond motifs is 13. The second-order valence-electron chi connectivity index (χ2n) is 12.2. The highest BCUT2D eigenvalue weighted by atomic mass is 16.3. The minimum Gasteiger partial charge on any atom is -0.455 e. The van der Waals surface area contributed by atoms with E-state index in [4.69, 9.17) is 14.4 Å². The molecular formula is C42H24N4O. The van der Waals surface area contributed by atoms with Gasteiger partial charge in [-0.25, -0.2) is 9.97 Å². The maximum atomic E-state index is 6.48. The zero-order chi connectivity index (χ0) is 30.6. The average Bonchev–Trinajstić information content (AvgIpc) is 3.81. The predicted octanol–water partition coefficient (Wildman–Crippen LogP) is 10.9. The molecule has 0 bridgehead atoms. The molecule has 0 saturated carbocycles. The summed E-state index contributed by atoms with van der Waals surface area (Å²) in [7, 11) is 0. The number of hydrogen-bond acceptors (Lipinski definition) is 3. The quantitative estimate of drug-likeness (QED) is 0.198. The van der Waals surface area contributed by atoms with Gasteiger partial charge in [0.1, 0.15) is 16.8 Å². The van der Waals surface area contributed by atoms with Gasteiger partial charge in [-0.2, -0.15) is 0 Å². The van der Waals surface area contributed by atoms with Gasteiger partial charge in [0.05, 0.1) is 27.6 Å². The maximum absolute atomic E-state index is 6.48. The van der Waals surface area contributed by atoms with Crippen LogP contribution in [0.4, 0.5) is 0 Å². The van der Waals surface area contributed by atoms with E-state index in [-0.39, 0.29) is 0 Å². The van der Waals surface area contributed by atoms with Crippen LogP contribution >= 0.6 is 0 Å². The molecule has 0 fully saturated rings. The average molecular weight is 601 g/mol. The molecule has 11 aromatic rings. The van der Waals surface area contributed by atoms with Gasteiger partial charge in [0.2, 0.25) is 5.95 Å². The SMILES string of the molecule is c1ccc2c(c1)ccc1c2c2cc(-c3cccc4c3oc3ccccc34)ccc2n1-c1nc2ccccc2c2nc3ccccc3n12. The molecule has 0 aliphatic heterocycles. The summed E-state index contributed by atoms with van der Waals surface area (Å²) in [6.45, 7) is 0. The largest absolute Gasteiger partial charge is 0.455 e. The van der Waals surface area contributed by atoms with Crippen molar-refractivity contribution in [2.45, 2.75) is 0 Å². The van der Waals surface area contributed by atoms with Gasteiger partial charge >= 0.3 is 0 Å².